The molecule has 0 aliphatic carbocycles. The number of hydrogen-bond donors (Lipinski definition) is 1. The molecular formula is C24H31Cl2N3O4S. The molecule has 186 valence electrons. The van der Waals surface area contributed by atoms with E-state index in [1.54, 1.807) is 37.3 Å². The number of nitrogens with one attached hydrogen (secondary N) is 1. The molecule has 0 saturated heterocycles. The molecule has 7 nitrogen and oxygen atoms in total. The number of carbonyl (C=O) groups excluding carboxylic acids is 2. The van der Waals surface area contributed by atoms with E-state index in [0.29, 0.717) is 27.8 Å². The molecule has 34 heavy (non-hydrogen) atoms. The van der Waals surface area contributed by atoms with Gasteiger partial charge < -0.3 is 10.2 Å². The van der Waals surface area contributed by atoms with Crippen molar-refractivity contribution in [1.82, 2.24) is 10.2 Å². The minimum atomic E-state index is -3.77. The van der Waals surface area contributed by atoms with E-state index in [-0.39, 0.29) is 12.5 Å². The van der Waals surface area contributed by atoms with Gasteiger partial charge in [0.15, 0.2) is 0 Å². The summed E-state index contributed by atoms with van der Waals surface area (Å²) in [5, 5.41) is 3.58. The van der Waals surface area contributed by atoms with E-state index in [2.05, 4.69) is 5.32 Å². The van der Waals surface area contributed by atoms with Crippen molar-refractivity contribution in [2.75, 3.05) is 23.7 Å². The first kappa shape index (κ1) is 28.0. The number of hydrogen-bond acceptors (Lipinski definition) is 4. The van der Waals surface area contributed by atoms with Crippen molar-refractivity contribution in [2.45, 2.75) is 46.2 Å². The van der Waals surface area contributed by atoms with Gasteiger partial charge >= 0.3 is 0 Å². The van der Waals surface area contributed by atoms with Gasteiger partial charge in [-0.1, -0.05) is 55.2 Å². The lowest BCUT2D eigenvalue weighted by Gasteiger charge is -2.31. The SMILES string of the molecule is CCCNC(=O)[C@@H](C)N(Cc1ccc(Cl)cc1Cl)C(=O)CN(c1ccc(CC)cc1)S(C)(=O)=O. The number of nitrogens with zero attached hydrogens (tertiary/aromatic N) is 2. The molecule has 0 unspecified atom stereocenters. The van der Waals surface area contributed by atoms with Gasteiger partial charge in [0.05, 0.1) is 11.9 Å². The molecule has 0 aromatic heterocycles. The zero-order valence-corrected chi connectivity index (χ0v) is 22.2. The van der Waals surface area contributed by atoms with Crippen LogP contribution in [0.25, 0.3) is 0 Å². The molecule has 0 spiro atoms. The van der Waals surface area contributed by atoms with Crippen molar-refractivity contribution in [2.24, 2.45) is 0 Å². The Morgan fingerprint density at radius 3 is 2.24 bits per heavy atom. The lowest BCUT2D eigenvalue weighted by molar-refractivity contribution is -0.139. The van der Waals surface area contributed by atoms with Gasteiger partial charge in [0.2, 0.25) is 21.8 Å². The number of carbonyl (C=O) groups is 2. The third-order valence-electron chi connectivity index (χ3n) is 5.38. The third-order valence-corrected chi connectivity index (χ3v) is 7.11. The van der Waals surface area contributed by atoms with Crippen molar-refractivity contribution in [3.63, 3.8) is 0 Å². The predicted octanol–water partition coefficient (Wildman–Crippen LogP) is 4.27. The highest BCUT2D eigenvalue weighted by Crippen LogP contribution is 2.24. The zero-order valence-electron chi connectivity index (χ0n) is 19.8. The van der Waals surface area contributed by atoms with Crippen LogP contribution in [0, 0.1) is 0 Å². The number of amides is 2. The fourth-order valence-corrected chi connectivity index (χ4v) is 4.64. The summed E-state index contributed by atoms with van der Waals surface area (Å²) in [4.78, 5) is 27.5. The summed E-state index contributed by atoms with van der Waals surface area (Å²) in [5.74, 6) is -0.867. The molecule has 0 heterocycles. The van der Waals surface area contributed by atoms with Crippen molar-refractivity contribution >= 4 is 50.7 Å². The third kappa shape index (κ3) is 7.61. The molecule has 2 amide bonds. The smallest absolute Gasteiger partial charge is 0.244 e. The number of anilines is 1. The normalized spacial score (nSPS) is 12.2. The van der Waals surface area contributed by atoms with Gasteiger partial charge in [0.1, 0.15) is 12.6 Å². The second-order valence-electron chi connectivity index (χ2n) is 8.01. The Bertz CT molecular complexity index is 1110. The summed E-state index contributed by atoms with van der Waals surface area (Å²) < 4.78 is 26.2. The Hall–Kier alpha value is -2.29. The molecular weight excluding hydrogens is 497 g/mol. The fourth-order valence-electron chi connectivity index (χ4n) is 3.32. The van der Waals surface area contributed by atoms with E-state index in [4.69, 9.17) is 23.2 Å². The molecule has 10 heteroatoms. The van der Waals surface area contributed by atoms with Gasteiger partial charge in [0.25, 0.3) is 0 Å². The van der Waals surface area contributed by atoms with Crippen LogP contribution in [0.5, 0.6) is 0 Å². The standard InChI is InChI=1S/C24H31Cl2N3O4S/c1-5-13-27-24(31)17(3)28(15-19-9-10-20(25)14-22(19)26)23(30)16-29(34(4,32)33)21-11-7-18(6-2)8-12-21/h7-12,14,17H,5-6,13,15-16H2,1-4H3,(H,27,31)/t17-/m1/s1. The van der Waals surface area contributed by atoms with E-state index >= 15 is 0 Å². The summed E-state index contributed by atoms with van der Waals surface area (Å²) >= 11 is 12.3. The van der Waals surface area contributed by atoms with Crippen molar-refractivity contribution in [1.29, 1.82) is 0 Å². The molecule has 0 radical (unpaired) electrons. The number of halogens is 2. The van der Waals surface area contributed by atoms with Crippen LogP contribution in [0.4, 0.5) is 5.69 Å². The van der Waals surface area contributed by atoms with Gasteiger partial charge in [-0.25, -0.2) is 8.42 Å². The van der Waals surface area contributed by atoms with E-state index in [1.165, 1.54) is 4.90 Å². The van der Waals surface area contributed by atoms with Crippen LogP contribution in [0.1, 0.15) is 38.3 Å². The maximum Gasteiger partial charge on any atom is 0.244 e. The number of aryl methyl sites for hydroxylation is 1. The van der Waals surface area contributed by atoms with Crippen LogP contribution >= 0.6 is 23.2 Å². The van der Waals surface area contributed by atoms with E-state index in [0.717, 1.165) is 29.0 Å². The number of benzene rings is 2. The molecule has 2 rings (SSSR count). The van der Waals surface area contributed by atoms with Gasteiger partial charge in [0, 0.05) is 23.1 Å². The molecule has 0 aliphatic heterocycles. The average Bonchev–Trinajstić information content (AvgIpc) is 2.79. The zero-order chi connectivity index (χ0) is 25.5. The Morgan fingerprint density at radius 2 is 1.71 bits per heavy atom. The maximum absolute atomic E-state index is 13.5. The largest absolute Gasteiger partial charge is 0.354 e. The van der Waals surface area contributed by atoms with E-state index in [1.807, 2.05) is 26.0 Å². The fraction of sp³-hybridized carbons (Fsp3) is 0.417. The van der Waals surface area contributed by atoms with E-state index in [9.17, 15) is 18.0 Å². The highest BCUT2D eigenvalue weighted by molar-refractivity contribution is 7.92. The van der Waals surface area contributed by atoms with Crippen LogP contribution in [0.2, 0.25) is 10.0 Å². The van der Waals surface area contributed by atoms with Gasteiger partial charge in [-0.2, -0.15) is 0 Å². The molecule has 0 saturated carbocycles. The van der Waals surface area contributed by atoms with Gasteiger partial charge in [-0.3, -0.25) is 13.9 Å². The summed E-state index contributed by atoms with van der Waals surface area (Å²) in [6.07, 6.45) is 2.59. The first-order valence-corrected chi connectivity index (χ1v) is 13.7. The number of sulfonamides is 1. The van der Waals surface area contributed by atoms with Crippen molar-refractivity contribution in [3.8, 4) is 0 Å². The summed E-state index contributed by atoms with van der Waals surface area (Å²) in [5.41, 5.74) is 2.01. The lowest BCUT2D eigenvalue weighted by atomic mass is 10.1. The Labute approximate surface area is 212 Å². The quantitative estimate of drug-likeness (QED) is 0.472. The molecule has 0 bridgehead atoms. The molecule has 1 atom stereocenters. The van der Waals surface area contributed by atoms with Crippen LogP contribution in [0.3, 0.4) is 0 Å². The van der Waals surface area contributed by atoms with Gasteiger partial charge in [-0.15, -0.1) is 0 Å². The van der Waals surface area contributed by atoms with Crippen LogP contribution < -0.4 is 9.62 Å². The van der Waals surface area contributed by atoms with Crippen LogP contribution in [-0.2, 0) is 32.6 Å². The Morgan fingerprint density at radius 1 is 1.06 bits per heavy atom. The topological polar surface area (TPSA) is 86.8 Å². The van der Waals surface area contributed by atoms with Crippen molar-refractivity contribution < 1.29 is 18.0 Å². The molecule has 1 N–H and O–H groups in total. The molecule has 0 fully saturated rings. The second-order valence-corrected chi connectivity index (χ2v) is 10.8. The first-order valence-electron chi connectivity index (χ1n) is 11.1. The predicted molar refractivity (Wildman–Crippen MR) is 138 cm³/mol. The summed E-state index contributed by atoms with van der Waals surface area (Å²) in [6, 6.07) is 11.0. The minimum absolute atomic E-state index is 0.0158. The molecule has 2 aromatic carbocycles. The maximum atomic E-state index is 13.5. The highest BCUT2D eigenvalue weighted by atomic mass is 35.5. The molecule has 2 aromatic rings. The Balaban J connectivity index is 2.39. The van der Waals surface area contributed by atoms with Crippen molar-refractivity contribution in [3.05, 3.63) is 63.6 Å². The van der Waals surface area contributed by atoms with Crippen LogP contribution in [0.15, 0.2) is 42.5 Å². The van der Waals surface area contributed by atoms with E-state index < -0.39 is 28.5 Å². The van der Waals surface area contributed by atoms with Gasteiger partial charge in [-0.05, 0) is 55.2 Å². The Kier molecular flexibility index (Phi) is 10.2. The average molecular weight is 529 g/mol. The second kappa shape index (κ2) is 12.4. The summed E-state index contributed by atoms with van der Waals surface area (Å²) in [6.45, 7) is 5.55. The van der Waals surface area contributed by atoms with Crippen LogP contribution in [-0.4, -0.2) is 50.5 Å². The minimum Gasteiger partial charge on any atom is -0.354 e. The monoisotopic (exact) mass is 527 g/mol. The molecule has 0 aliphatic rings. The first-order chi connectivity index (χ1) is 16.0. The highest BCUT2D eigenvalue weighted by Gasteiger charge is 2.30. The number of rotatable bonds is 11. The summed E-state index contributed by atoms with van der Waals surface area (Å²) in [7, 11) is -3.77. The lowest BCUT2D eigenvalue weighted by Crippen LogP contribution is -2.51.